The van der Waals surface area contributed by atoms with Crippen molar-refractivity contribution < 1.29 is 0 Å². The van der Waals surface area contributed by atoms with E-state index in [0.717, 1.165) is 55.1 Å². The van der Waals surface area contributed by atoms with E-state index in [4.69, 9.17) is 4.98 Å². The zero-order valence-electron chi connectivity index (χ0n) is 14.7. The number of hydrogen-bond acceptors (Lipinski definition) is 5. The first-order valence-corrected chi connectivity index (χ1v) is 10.3. The van der Waals surface area contributed by atoms with Gasteiger partial charge in [0.1, 0.15) is 0 Å². The summed E-state index contributed by atoms with van der Waals surface area (Å²) in [4.78, 5) is 21.6. The lowest BCUT2D eigenvalue weighted by Crippen LogP contribution is -2.36. The standard InChI is InChI=1S/C19H23N5OS/c25-19-14-12-23(11-13-4-3-9-26-13)8-6-15(14)21-18-10-17(22-24(18)19)16-5-1-2-7-20-16/h3-4,9-10,16,20,22H,1-2,5-8,11-12H2. The summed E-state index contributed by atoms with van der Waals surface area (Å²) in [5.41, 5.74) is 3.70. The molecule has 0 bridgehead atoms. The maximum absolute atomic E-state index is 13.1. The molecule has 1 saturated heterocycles. The highest BCUT2D eigenvalue weighted by molar-refractivity contribution is 7.09. The van der Waals surface area contributed by atoms with E-state index >= 15 is 0 Å². The minimum Gasteiger partial charge on any atom is -0.309 e. The second kappa shape index (κ2) is 6.64. The van der Waals surface area contributed by atoms with Gasteiger partial charge in [-0.15, -0.1) is 11.3 Å². The molecule has 5 heterocycles. The van der Waals surface area contributed by atoms with Gasteiger partial charge < -0.3 is 5.32 Å². The molecule has 1 fully saturated rings. The van der Waals surface area contributed by atoms with Crippen molar-refractivity contribution in [2.24, 2.45) is 0 Å². The Morgan fingerprint density at radius 1 is 1.35 bits per heavy atom. The molecule has 0 aromatic carbocycles. The van der Waals surface area contributed by atoms with Crippen molar-refractivity contribution in [1.82, 2.24) is 24.8 Å². The fourth-order valence-electron chi connectivity index (χ4n) is 4.11. The number of aromatic nitrogens is 3. The van der Waals surface area contributed by atoms with Gasteiger partial charge in [0.25, 0.3) is 5.56 Å². The van der Waals surface area contributed by atoms with E-state index < -0.39 is 0 Å². The van der Waals surface area contributed by atoms with Crippen molar-refractivity contribution in [3.05, 3.63) is 55.8 Å². The Balaban J connectivity index is 1.46. The van der Waals surface area contributed by atoms with E-state index in [2.05, 4.69) is 32.8 Å². The predicted octanol–water partition coefficient (Wildman–Crippen LogP) is 2.46. The molecule has 1 atom stereocenters. The SMILES string of the molecule is O=c1c2c(nc3cc(C4CCCCN4)[nH]n13)CCN(Cc1cccs1)C2. The molecule has 2 N–H and O–H groups in total. The van der Waals surface area contributed by atoms with E-state index in [1.54, 1.807) is 15.9 Å². The molecule has 0 amide bonds. The van der Waals surface area contributed by atoms with Gasteiger partial charge >= 0.3 is 0 Å². The van der Waals surface area contributed by atoms with Crippen LogP contribution >= 0.6 is 11.3 Å². The molecule has 0 spiro atoms. The Morgan fingerprint density at radius 3 is 3.12 bits per heavy atom. The molecule has 0 aliphatic carbocycles. The minimum absolute atomic E-state index is 0.0583. The average Bonchev–Trinajstić information content (AvgIpc) is 3.33. The molecule has 2 aliphatic heterocycles. The first kappa shape index (κ1) is 16.2. The van der Waals surface area contributed by atoms with Gasteiger partial charge in [0.2, 0.25) is 0 Å². The highest BCUT2D eigenvalue weighted by Gasteiger charge is 2.24. The Morgan fingerprint density at radius 2 is 2.31 bits per heavy atom. The molecule has 5 rings (SSSR count). The summed E-state index contributed by atoms with van der Waals surface area (Å²) in [5.74, 6) is 0. The van der Waals surface area contributed by atoms with Gasteiger partial charge in [-0.1, -0.05) is 12.5 Å². The molecule has 7 heteroatoms. The van der Waals surface area contributed by atoms with Crippen LogP contribution in [0, 0.1) is 0 Å². The number of rotatable bonds is 3. The van der Waals surface area contributed by atoms with Crippen molar-refractivity contribution in [3.63, 3.8) is 0 Å². The lowest BCUT2D eigenvalue weighted by Gasteiger charge is -2.27. The van der Waals surface area contributed by atoms with Crippen molar-refractivity contribution in [3.8, 4) is 0 Å². The molecule has 0 saturated carbocycles. The quantitative estimate of drug-likeness (QED) is 0.744. The number of hydrogen-bond donors (Lipinski definition) is 2. The minimum atomic E-state index is 0.0583. The van der Waals surface area contributed by atoms with Gasteiger partial charge in [-0.25, -0.2) is 9.50 Å². The lowest BCUT2D eigenvalue weighted by atomic mass is 10.0. The van der Waals surface area contributed by atoms with Crippen LogP contribution in [0.25, 0.3) is 5.65 Å². The molecule has 3 aromatic heterocycles. The summed E-state index contributed by atoms with van der Waals surface area (Å²) in [6.07, 6.45) is 4.40. The Bertz CT molecular complexity index is 968. The Labute approximate surface area is 155 Å². The van der Waals surface area contributed by atoms with Gasteiger partial charge in [-0.05, 0) is 30.8 Å². The van der Waals surface area contributed by atoms with E-state index in [1.807, 2.05) is 6.07 Å². The summed E-state index contributed by atoms with van der Waals surface area (Å²) < 4.78 is 1.64. The van der Waals surface area contributed by atoms with Crippen molar-refractivity contribution >= 4 is 17.0 Å². The molecule has 26 heavy (non-hydrogen) atoms. The molecule has 3 aromatic rings. The van der Waals surface area contributed by atoms with Crippen LogP contribution in [0.3, 0.4) is 0 Å². The molecular formula is C19H23N5OS. The van der Waals surface area contributed by atoms with Crippen LogP contribution in [0.15, 0.2) is 28.4 Å². The zero-order chi connectivity index (χ0) is 17.5. The summed E-state index contributed by atoms with van der Waals surface area (Å²) in [7, 11) is 0. The number of H-pyrrole nitrogens is 1. The third-order valence-corrected chi connectivity index (χ3v) is 6.37. The van der Waals surface area contributed by atoms with E-state index in [1.165, 1.54) is 17.7 Å². The van der Waals surface area contributed by atoms with Crippen LogP contribution in [0.2, 0.25) is 0 Å². The van der Waals surface area contributed by atoms with Gasteiger partial charge in [0.15, 0.2) is 5.65 Å². The smallest absolute Gasteiger partial charge is 0.277 e. The zero-order valence-corrected chi connectivity index (χ0v) is 15.5. The molecule has 136 valence electrons. The van der Waals surface area contributed by atoms with E-state index in [0.29, 0.717) is 12.6 Å². The monoisotopic (exact) mass is 369 g/mol. The molecule has 0 radical (unpaired) electrons. The van der Waals surface area contributed by atoms with Crippen LogP contribution in [0.5, 0.6) is 0 Å². The normalized spacial score (nSPS) is 21.2. The second-order valence-electron chi connectivity index (χ2n) is 7.29. The van der Waals surface area contributed by atoms with Gasteiger partial charge in [0, 0.05) is 43.0 Å². The van der Waals surface area contributed by atoms with Gasteiger partial charge in [0.05, 0.1) is 17.0 Å². The number of thiophene rings is 1. The molecule has 6 nitrogen and oxygen atoms in total. The van der Waals surface area contributed by atoms with Crippen LogP contribution in [-0.2, 0) is 19.5 Å². The Kier molecular flexibility index (Phi) is 4.15. The first-order chi connectivity index (χ1) is 12.8. The van der Waals surface area contributed by atoms with Crippen LogP contribution in [-0.4, -0.2) is 32.6 Å². The maximum Gasteiger partial charge on any atom is 0.277 e. The molecular weight excluding hydrogens is 346 g/mol. The number of aromatic amines is 1. The molecule has 1 unspecified atom stereocenters. The van der Waals surface area contributed by atoms with Gasteiger partial charge in [-0.2, -0.15) is 0 Å². The fourth-order valence-corrected chi connectivity index (χ4v) is 4.86. The maximum atomic E-state index is 13.1. The number of piperidine rings is 1. The van der Waals surface area contributed by atoms with Crippen LogP contribution in [0.4, 0.5) is 0 Å². The van der Waals surface area contributed by atoms with Crippen molar-refractivity contribution in [2.75, 3.05) is 13.1 Å². The highest BCUT2D eigenvalue weighted by Crippen LogP contribution is 2.23. The molecule has 2 aliphatic rings. The third-order valence-electron chi connectivity index (χ3n) is 5.51. The van der Waals surface area contributed by atoms with E-state index in [9.17, 15) is 4.79 Å². The first-order valence-electron chi connectivity index (χ1n) is 9.39. The average molecular weight is 369 g/mol. The second-order valence-corrected chi connectivity index (χ2v) is 8.32. The van der Waals surface area contributed by atoms with Crippen LogP contribution < -0.4 is 10.9 Å². The largest absolute Gasteiger partial charge is 0.309 e. The van der Waals surface area contributed by atoms with Crippen molar-refractivity contribution in [2.45, 2.75) is 44.8 Å². The third kappa shape index (κ3) is 2.90. The summed E-state index contributed by atoms with van der Waals surface area (Å²) in [5, 5.41) is 8.95. The predicted molar refractivity (Wildman–Crippen MR) is 103 cm³/mol. The topological polar surface area (TPSA) is 65.4 Å². The van der Waals surface area contributed by atoms with Crippen LogP contribution in [0.1, 0.15) is 47.1 Å². The number of fused-ring (bicyclic) bond motifs is 2. The Hall–Kier alpha value is -1.96. The summed E-state index contributed by atoms with van der Waals surface area (Å²) in [6, 6.07) is 6.58. The number of nitrogens with zero attached hydrogens (tertiary/aromatic N) is 3. The summed E-state index contributed by atoms with van der Waals surface area (Å²) in [6.45, 7) is 3.57. The summed E-state index contributed by atoms with van der Waals surface area (Å²) >= 11 is 1.77. The fraction of sp³-hybridized carbons (Fsp3) is 0.474. The lowest BCUT2D eigenvalue weighted by molar-refractivity contribution is 0.243. The van der Waals surface area contributed by atoms with E-state index in [-0.39, 0.29) is 5.56 Å². The van der Waals surface area contributed by atoms with Crippen molar-refractivity contribution in [1.29, 1.82) is 0 Å². The van der Waals surface area contributed by atoms with Gasteiger partial charge in [-0.3, -0.25) is 14.8 Å². The highest BCUT2D eigenvalue weighted by atomic mass is 32.1. The number of nitrogens with one attached hydrogen (secondary N) is 2.